The molecule has 7 heteroatoms. The molecule has 4 rings (SSSR count). The molecule has 7 nitrogen and oxygen atoms in total. The van der Waals surface area contributed by atoms with Crippen molar-refractivity contribution in [2.24, 2.45) is 0 Å². The normalized spacial score (nSPS) is 20.4. The summed E-state index contributed by atoms with van der Waals surface area (Å²) in [5.41, 5.74) is 1.54. The Hall–Kier alpha value is -2.67. The fourth-order valence-corrected chi connectivity index (χ4v) is 4.21. The Balaban J connectivity index is 1.52. The number of anilines is 1. The number of nitrogens with zero attached hydrogens (tertiary/aromatic N) is 2. The van der Waals surface area contributed by atoms with Crippen LogP contribution in [-0.2, 0) is 4.74 Å². The number of carbonyl (C=O) groups is 1. The molecule has 0 unspecified atom stereocenters. The van der Waals surface area contributed by atoms with Crippen molar-refractivity contribution >= 4 is 11.9 Å². The van der Waals surface area contributed by atoms with Gasteiger partial charge in [0.2, 0.25) is 5.95 Å². The van der Waals surface area contributed by atoms with Crippen molar-refractivity contribution in [3.05, 3.63) is 36.0 Å². The number of carboxylic acid groups (broad SMARTS) is 1. The summed E-state index contributed by atoms with van der Waals surface area (Å²) in [5.74, 6) is -0.134. The molecular weight excluding hydrogens is 358 g/mol. The van der Waals surface area contributed by atoms with Gasteiger partial charge in [-0.05, 0) is 50.5 Å². The second kappa shape index (κ2) is 7.75. The number of carboxylic acids is 1. The van der Waals surface area contributed by atoms with Gasteiger partial charge < -0.3 is 19.9 Å². The molecular formula is C21H25N3O4. The SMILES string of the molecule is CCOc1ccc(-c2ccnc(N[C@H]3COC4(CCCC4)C3)n2)cc1C(=O)O. The number of hydrogen-bond donors (Lipinski definition) is 2. The van der Waals surface area contributed by atoms with Gasteiger partial charge in [0.05, 0.1) is 30.6 Å². The van der Waals surface area contributed by atoms with Gasteiger partial charge in [-0.3, -0.25) is 0 Å². The van der Waals surface area contributed by atoms with Crippen LogP contribution in [0.25, 0.3) is 11.3 Å². The van der Waals surface area contributed by atoms with E-state index in [2.05, 4.69) is 15.3 Å². The van der Waals surface area contributed by atoms with Crippen molar-refractivity contribution < 1.29 is 19.4 Å². The highest BCUT2D eigenvalue weighted by molar-refractivity contribution is 5.92. The minimum Gasteiger partial charge on any atom is -0.493 e. The summed E-state index contributed by atoms with van der Waals surface area (Å²) in [7, 11) is 0. The van der Waals surface area contributed by atoms with Gasteiger partial charge in [0.1, 0.15) is 11.3 Å². The number of aromatic carboxylic acids is 1. The molecule has 148 valence electrons. The van der Waals surface area contributed by atoms with Crippen molar-refractivity contribution in [2.75, 3.05) is 18.5 Å². The summed E-state index contributed by atoms with van der Waals surface area (Å²) >= 11 is 0. The van der Waals surface area contributed by atoms with E-state index in [-0.39, 0.29) is 17.2 Å². The van der Waals surface area contributed by atoms with Crippen LogP contribution in [0.15, 0.2) is 30.5 Å². The summed E-state index contributed by atoms with van der Waals surface area (Å²) < 4.78 is 11.5. The standard InChI is InChI=1S/C21H25N3O4/c1-2-27-18-6-5-14(11-16(18)19(25)26)17-7-10-22-20(24-17)23-15-12-21(28-13-15)8-3-4-9-21/h5-7,10-11,15H,2-4,8-9,12-13H2,1H3,(H,25,26)(H,22,23,24)/t15-/m1/s1. The zero-order valence-corrected chi connectivity index (χ0v) is 16.0. The summed E-state index contributed by atoms with van der Waals surface area (Å²) in [6, 6.07) is 7.05. The van der Waals surface area contributed by atoms with Crippen LogP contribution >= 0.6 is 0 Å². The lowest BCUT2D eigenvalue weighted by molar-refractivity contribution is 0.0103. The van der Waals surface area contributed by atoms with Crippen LogP contribution in [0.1, 0.15) is 49.4 Å². The second-order valence-corrected chi connectivity index (χ2v) is 7.46. The molecule has 1 aliphatic carbocycles. The monoisotopic (exact) mass is 383 g/mol. The highest BCUT2D eigenvalue weighted by Gasteiger charge is 2.42. The fourth-order valence-electron chi connectivity index (χ4n) is 4.21. The zero-order valence-electron chi connectivity index (χ0n) is 16.0. The van der Waals surface area contributed by atoms with E-state index in [0.29, 0.717) is 36.2 Å². The Morgan fingerprint density at radius 2 is 2.18 bits per heavy atom. The highest BCUT2D eigenvalue weighted by atomic mass is 16.5. The molecule has 1 atom stereocenters. The summed E-state index contributed by atoms with van der Waals surface area (Å²) in [6.45, 7) is 2.90. The van der Waals surface area contributed by atoms with Gasteiger partial charge in [-0.25, -0.2) is 14.8 Å². The first kappa shape index (κ1) is 18.7. The van der Waals surface area contributed by atoms with E-state index in [0.717, 1.165) is 19.3 Å². The van der Waals surface area contributed by atoms with E-state index < -0.39 is 5.97 Å². The molecule has 0 radical (unpaired) electrons. The molecule has 2 heterocycles. The van der Waals surface area contributed by atoms with Crippen LogP contribution in [0.3, 0.4) is 0 Å². The Kier molecular flexibility index (Phi) is 5.17. The lowest BCUT2D eigenvalue weighted by Crippen LogP contribution is -2.26. The molecule has 1 aromatic heterocycles. The Bertz CT molecular complexity index is 864. The maximum Gasteiger partial charge on any atom is 0.339 e. The maximum atomic E-state index is 11.6. The smallest absolute Gasteiger partial charge is 0.339 e. The molecule has 1 spiro atoms. The molecule has 2 N–H and O–H groups in total. The molecule has 0 amide bonds. The van der Waals surface area contributed by atoms with Crippen LogP contribution < -0.4 is 10.1 Å². The number of benzene rings is 1. The van der Waals surface area contributed by atoms with E-state index in [9.17, 15) is 9.90 Å². The molecule has 1 saturated carbocycles. The van der Waals surface area contributed by atoms with Gasteiger partial charge >= 0.3 is 5.97 Å². The third-order valence-corrected chi connectivity index (χ3v) is 5.52. The average molecular weight is 383 g/mol. The minimum atomic E-state index is -1.03. The molecule has 2 aromatic rings. The van der Waals surface area contributed by atoms with Crippen LogP contribution in [0.5, 0.6) is 5.75 Å². The summed E-state index contributed by atoms with van der Waals surface area (Å²) in [6.07, 6.45) is 7.41. The van der Waals surface area contributed by atoms with Crippen molar-refractivity contribution in [3.8, 4) is 17.0 Å². The van der Waals surface area contributed by atoms with Crippen LogP contribution in [0.4, 0.5) is 5.95 Å². The van der Waals surface area contributed by atoms with Gasteiger partial charge in [-0.1, -0.05) is 12.8 Å². The predicted molar refractivity (Wildman–Crippen MR) is 105 cm³/mol. The van der Waals surface area contributed by atoms with Gasteiger partial charge in [-0.2, -0.15) is 0 Å². The van der Waals surface area contributed by atoms with Crippen LogP contribution in [0.2, 0.25) is 0 Å². The van der Waals surface area contributed by atoms with E-state index in [1.165, 1.54) is 12.8 Å². The lowest BCUT2D eigenvalue weighted by atomic mass is 9.96. The van der Waals surface area contributed by atoms with Gasteiger partial charge in [0, 0.05) is 11.8 Å². The number of aromatic nitrogens is 2. The third-order valence-electron chi connectivity index (χ3n) is 5.52. The Morgan fingerprint density at radius 1 is 1.36 bits per heavy atom. The third kappa shape index (κ3) is 3.80. The van der Waals surface area contributed by atoms with Crippen molar-refractivity contribution in [2.45, 2.75) is 50.7 Å². The number of rotatable bonds is 6. The molecule has 0 bridgehead atoms. The van der Waals surface area contributed by atoms with E-state index in [4.69, 9.17) is 9.47 Å². The maximum absolute atomic E-state index is 11.6. The van der Waals surface area contributed by atoms with E-state index >= 15 is 0 Å². The largest absolute Gasteiger partial charge is 0.493 e. The van der Waals surface area contributed by atoms with Gasteiger partial charge in [0.25, 0.3) is 0 Å². The van der Waals surface area contributed by atoms with E-state index in [1.54, 1.807) is 24.4 Å². The zero-order chi connectivity index (χ0) is 19.6. The molecule has 1 aliphatic heterocycles. The quantitative estimate of drug-likeness (QED) is 0.784. The minimum absolute atomic E-state index is 0.0424. The number of nitrogens with one attached hydrogen (secondary N) is 1. The molecule has 28 heavy (non-hydrogen) atoms. The topological polar surface area (TPSA) is 93.6 Å². The summed E-state index contributed by atoms with van der Waals surface area (Å²) in [5, 5.41) is 12.9. The summed E-state index contributed by atoms with van der Waals surface area (Å²) in [4.78, 5) is 20.5. The van der Waals surface area contributed by atoms with E-state index in [1.807, 2.05) is 13.0 Å². The number of hydrogen-bond acceptors (Lipinski definition) is 6. The van der Waals surface area contributed by atoms with Crippen molar-refractivity contribution in [1.82, 2.24) is 9.97 Å². The van der Waals surface area contributed by atoms with Gasteiger partial charge in [0.15, 0.2) is 0 Å². The van der Waals surface area contributed by atoms with Crippen molar-refractivity contribution in [3.63, 3.8) is 0 Å². The van der Waals surface area contributed by atoms with Crippen LogP contribution in [-0.4, -0.2) is 45.9 Å². The molecule has 1 saturated heterocycles. The lowest BCUT2D eigenvalue weighted by Gasteiger charge is -2.21. The molecule has 1 aromatic carbocycles. The van der Waals surface area contributed by atoms with Crippen molar-refractivity contribution in [1.29, 1.82) is 0 Å². The molecule has 2 aliphatic rings. The Morgan fingerprint density at radius 3 is 2.93 bits per heavy atom. The average Bonchev–Trinajstić information content (AvgIpc) is 3.32. The molecule has 2 fully saturated rings. The number of ether oxygens (including phenoxy) is 2. The van der Waals surface area contributed by atoms with Crippen LogP contribution in [0, 0.1) is 0 Å². The first-order chi connectivity index (χ1) is 13.6. The van der Waals surface area contributed by atoms with Gasteiger partial charge in [-0.15, -0.1) is 0 Å². The Labute approximate surface area is 164 Å². The fraction of sp³-hybridized carbons (Fsp3) is 0.476. The second-order valence-electron chi connectivity index (χ2n) is 7.46. The highest BCUT2D eigenvalue weighted by Crippen LogP contribution is 2.41. The first-order valence-electron chi connectivity index (χ1n) is 9.83. The predicted octanol–water partition coefficient (Wildman–Crippen LogP) is 3.75. The first-order valence-corrected chi connectivity index (χ1v) is 9.83.